The van der Waals surface area contributed by atoms with Crippen LogP contribution in [0, 0.1) is 0 Å². The predicted molar refractivity (Wildman–Crippen MR) is 84.3 cm³/mol. The third kappa shape index (κ3) is 8.20. The second-order valence-electron chi connectivity index (χ2n) is 6.78. The van der Waals surface area contributed by atoms with Gasteiger partial charge in [0.15, 0.2) is 0 Å². The van der Waals surface area contributed by atoms with Gasteiger partial charge in [-0.2, -0.15) is 0 Å². The van der Waals surface area contributed by atoms with Crippen LogP contribution in [0.15, 0.2) is 0 Å². The number of piperidine rings is 1. The van der Waals surface area contributed by atoms with Gasteiger partial charge in [0.25, 0.3) is 0 Å². The minimum atomic E-state index is 0.208. The molecule has 0 aromatic rings. The zero-order valence-electron chi connectivity index (χ0n) is 13.9. The van der Waals surface area contributed by atoms with Crippen LogP contribution in [0.1, 0.15) is 46.5 Å². The highest BCUT2D eigenvalue weighted by atomic mass is 16.5. The summed E-state index contributed by atoms with van der Waals surface area (Å²) in [4.78, 5) is 2.60. The van der Waals surface area contributed by atoms with Crippen molar-refractivity contribution in [3.8, 4) is 0 Å². The Labute approximate surface area is 125 Å². The van der Waals surface area contributed by atoms with Gasteiger partial charge in [-0.05, 0) is 46.6 Å². The SMILES string of the molecule is COCCCOCCN1CCCCC1CNC(C)(C)C. The molecule has 20 heavy (non-hydrogen) atoms. The maximum absolute atomic E-state index is 5.69. The van der Waals surface area contributed by atoms with Gasteiger partial charge in [-0.15, -0.1) is 0 Å². The molecule has 120 valence electrons. The van der Waals surface area contributed by atoms with Crippen molar-refractivity contribution in [2.45, 2.75) is 58.0 Å². The van der Waals surface area contributed by atoms with Gasteiger partial charge in [0.1, 0.15) is 0 Å². The minimum absolute atomic E-state index is 0.208. The Morgan fingerprint density at radius 1 is 1.15 bits per heavy atom. The van der Waals surface area contributed by atoms with Gasteiger partial charge < -0.3 is 14.8 Å². The molecule has 0 amide bonds. The molecular formula is C16H34N2O2. The van der Waals surface area contributed by atoms with Crippen molar-refractivity contribution in [2.75, 3.05) is 46.6 Å². The Balaban J connectivity index is 2.19. The van der Waals surface area contributed by atoms with Gasteiger partial charge in [-0.1, -0.05) is 6.42 Å². The smallest absolute Gasteiger partial charge is 0.0593 e. The van der Waals surface area contributed by atoms with Crippen molar-refractivity contribution < 1.29 is 9.47 Å². The molecule has 1 rings (SSSR count). The lowest BCUT2D eigenvalue weighted by Crippen LogP contribution is -2.50. The minimum Gasteiger partial charge on any atom is -0.385 e. The molecule has 1 saturated heterocycles. The quantitative estimate of drug-likeness (QED) is 0.659. The maximum atomic E-state index is 5.69. The Kier molecular flexibility index (Phi) is 8.69. The highest BCUT2D eigenvalue weighted by Crippen LogP contribution is 2.16. The molecule has 1 fully saturated rings. The molecule has 0 spiro atoms. The third-order valence-electron chi connectivity index (χ3n) is 3.78. The van der Waals surface area contributed by atoms with Gasteiger partial charge in [0.05, 0.1) is 6.61 Å². The van der Waals surface area contributed by atoms with E-state index in [1.54, 1.807) is 7.11 Å². The van der Waals surface area contributed by atoms with Gasteiger partial charge in [0, 0.05) is 45.0 Å². The first-order valence-electron chi connectivity index (χ1n) is 8.08. The molecular weight excluding hydrogens is 252 g/mol. The van der Waals surface area contributed by atoms with Crippen molar-refractivity contribution in [1.82, 2.24) is 10.2 Å². The van der Waals surface area contributed by atoms with Crippen LogP contribution in [0.25, 0.3) is 0 Å². The average Bonchev–Trinajstić information content (AvgIpc) is 2.40. The number of likely N-dealkylation sites (tertiary alicyclic amines) is 1. The molecule has 1 unspecified atom stereocenters. The molecule has 0 aromatic carbocycles. The Bertz CT molecular complexity index is 241. The fourth-order valence-electron chi connectivity index (χ4n) is 2.60. The van der Waals surface area contributed by atoms with E-state index in [2.05, 4.69) is 31.0 Å². The highest BCUT2D eigenvalue weighted by Gasteiger charge is 2.23. The summed E-state index contributed by atoms with van der Waals surface area (Å²) < 4.78 is 10.7. The zero-order valence-corrected chi connectivity index (χ0v) is 13.9. The van der Waals surface area contributed by atoms with Crippen molar-refractivity contribution in [1.29, 1.82) is 0 Å². The lowest BCUT2D eigenvalue weighted by molar-refractivity contribution is 0.0596. The van der Waals surface area contributed by atoms with Crippen LogP contribution < -0.4 is 5.32 Å². The average molecular weight is 286 g/mol. The van der Waals surface area contributed by atoms with Crippen LogP contribution in [0.5, 0.6) is 0 Å². The molecule has 1 heterocycles. The number of nitrogens with one attached hydrogen (secondary N) is 1. The highest BCUT2D eigenvalue weighted by molar-refractivity contribution is 4.82. The second kappa shape index (κ2) is 9.72. The number of hydrogen-bond donors (Lipinski definition) is 1. The number of rotatable bonds is 9. The van der Waals surface area contributed by atoms with Crippen molar-refractivity contribution in [3.05, 3.63) is 0 Å². The van der Waals surface area contributed by atoms with E-state index in [4.69, 9.17) is 9.47 Å². The number of hydrogen-bond acceptors (Lipinski definition) is 4. The monoisotopic (exact) mass is 286 g/mol. The van der Waals surface area contributed by atoms with Crippen molar-refractivity contribution in [2.24, 2.45) is 0 Å². The lowest BCUT2D eigenvalue weighted by atomic mass is 10.0. The van der Waals surface area contributed by atoms with Gasteiger partial charge >= 0.3 is 0 Å². The molecule has 4 nitrogen and oxygen atoms in total. The summed E-state index contributed by atoms with van der Waals surface area (Å²) in [5, 5.41) is 3.64. The van der Waals surface area contributed by atoms with Crippen molar-refractivity contribution >= 4 is 0 Å². The molecule has 0 radical (unpaired) electrons. The molecule has 1 aliphatic rings. The molecule has 1 N–H and O–H groups in total. The normalized spacial score (nSPS) is 21.3. The third-order valence-corrected chi connectivity index (χ3v) is 3.78. The molecule has 4 heteroatoms. The topological polar surface area (TPSA) is 33.7 Å². The first-order valence-corrected chi connectivity index (χ1v) is 8.08. The van der Waals surface area contributed by atoms with Crippen molar-refractivity contribution in [3.63, 3.8) is 0 Å². The maximum Gasteiger partial charge on any atom is 0.0593 e. The Morgan fingerprint density at radius 3 is 2.65 bits per heavy atom. The summed E-state index contributed by atoms with van der Waals surface area (Å²) in [5.41, 5.74) is 0.208. The number of methoxy groups -OCH3 is 1. The van der Waals surface area contributed by atoms with Gasteiger partial charge in [0.2, 0.25) is 0 Å². The summed E-state index contributed by atoms with van der Waals surface area (Å²) in [6, 6.07) is 0.672. The van der Waals surface area contributed by atoms with Crippen LogP contribution in [0.4, 0.5) is 0 Å². The van der Waals surface area contributed by atoms with Gasteiger partial charge in [-0.3, -0.25) is 4.90 Å². The molecule has 0 aromatic heterocycles. The summed E-state index contributed by atoms with van der Waals surface area (Å²) in [7, 11) is 1.74. The second-order valence-corrected chi connectivity index (χ2v) is 6.78. The van der Waals surface area contributed by atoms with E-state index in [9.17, 15) is 0 Å². The van der Waals surface area contributed by atoms with Crippen LogP contribution in [0.3, 0.4) is 0 Å². The van der Waals surface area contributed by atoms with E-state index < -0.39 is 0 Å². The Morgan fingerprint density at radius 2 is 1.95 bits per heavy atom. The largest absolute Gasteiger partial charge is 0.385 e. The summed E-state index contributed by atoms with van der Waals surface area (Å²) in [5.74, 6) is 0. The number of nitrogens with zero attached hydrogens (tertiary/aromatic N) is 1. The molecule has 1 aliphatic heterocycles. The van der Waals surface area contributed by atoms with E-state index in [0.29, 0.717) is 6.04 Å². The van der Waals surface area contributed by atoms with Gasteiger partial charge in [-0.25, -0.2) is 0 Å². The number of ether oxygens (including phenoxy) is 2. The summed E-state index contributed by atoms with van der Waals surface area (Å²) in [6.07, 6.45) is 5.00. The van der Waals surface area contributed by atoms with Crippen LogP contribution >= 0.6 is 0 Å². The zero-order chi connectivity index (χ0) is 14.8. The first kappa shape index (κ1) is 17.9. The lowest BCUT2D eigenvalue weighted by Gasteiger charge is -2.37. The molecule has 0 bridgehead atoms. The Hall–Kier alpha value is -0.160. The molecule has 0 aliphatic carbocycles. The van der Waals surface area contributed by atoms with Crippen LogP contribution in [-0.4, -0.2) is 63.0 Å². The van der Waals surface area contributed by atoms with E-state index in [-0.39, 0.29) is 5.54 Å². The first-order chi connectivity index (χ1) is 9.53. The van der Waals surface area contributed by atoms with Crippen LogP contribution in [0.2, 0.25) is 0 Å². The summed E-state index contributed by atoms with van der Waals surface area (Å²) >= 11 is 0. The predicted octanol–water partition coefficient (Wildman–Crippen LogP) is 2.28. The molecule has 0 saturated carbocycles. The van der Waals surface area contributed by atoms with E-state index >= 15 is 0 Å². The summed E-state index contributed by atoms with van der Waals surface area (Å²) in [6.45, 7) is 12.5. The standard InChI is InChI=1S/C16H34N2O2/c1-16(2,3)17-14-15-8-5-6-9-18(15)10-13-20-12-7-11-19-4/h15,17H,5-14H2,1-4H3. The van der Waals surface area contributed by atoms with E-state index in [1.807, 2.05) is 0 Å². The fourth-order valence-corrected chi connectivity index (χ4v) is 2.60. The van der Waals surface area contributed by atoms with E-state index in [1.165, 1.54) is 25.8 Å². The van der Waals surface area contributed by atoms with E-state index in [0.717, 1.165) is 39.3 Å². The fraction of sp³-hybridized carbons (Fsp3) is 1.00. The van der Waals surface area contributed by atoms with Crippen LogP contribution in [-0.2, 0) is 9.47 Å². The molecule has 1 atom stereocenters.